The number of carbonyl (C=O) groups is 2. The number of nitrogens with one attached hydrogen (secondary N) is 2. The number of halogens is 2. The van der Waals surface area contributed by atoms with E-state index in [0.717, 1.165) is 65.2 Å². The summed E-state index contributed by atoms with van der Waals surface area (Å²) in [5.41, 5.74) is 6.09. The summed E-state index contributed by atoms with van der Waals surface area (Å²) < 4.78 is 18.2. The Morgan fingerprint density at radius 2 is 1.59 bits per heavy atom. The number of pyridine rings is 1. The van der Waals surface area contributed by atoms with Crippen molar-refractivity contribution < 1.29 is 23.8 Å². The number of amides is 1. The lowest BCUT2D eigenvalue weighted by Crippen LogP contribution is -2.73. The van der Waals surface area contributed by atoms with Gasteiger partial charge in [0.05, 0.1) is 17.4 Å². The molecule has 1 amide bonds. The summed E-state index contributed by atoms with van der Waals surface area (Å²) in [6.07, 6.45) is 6.80. The standard InChI is InChI=1S/C62H75Cl2N7O5/c1-8-61-55-29-44(26-40-12-10-9-11-13-40)58(61)68(4)38(2)32-66-54-31-49(27-41-14-19-47(63)20-15-41)69(5)59-52(36-74-6)67-57(62(54,59)60(61)73)39(3)71(55)35-43-16-21-48(64)30-53(43)76-50-22-17-42(18-23-50)45-28-46-34-70(56(72)37-75-7)25-24-51(46)65-33-45/h9-23,28,30,33,38-39,44,49,52,54-55,57-59,66-67H,8,24-27,29,31-32,34-37H2,1-7H3/t38-,39-,44+,49-,52+,54?,55?,57?,58?,59?,61?,62?/m0/s1. The van der Waals surface area contributed by atoms with Gasteiger partial charge in [0.25, 0.3) is 0 Å². The summed E-state index contributed by atoms with van der Waals surface area (Å²) in [5.74, 6) is 1.99. The second-order valence-corrected chi connectivity index (χ2v) is 23.8. The molecule has 0 radical (unpaired) electrons. The number of carbonyl (C=O) groups excluding carboxylic acids is 2. The fraction of sp³-hybridized carbons (Fsp3) is 0.500. The zero-order chi connectivity index (χ0) is 53.0. The molecule has 4 saturated heterocycles. The van der Waals surface area contributed by atoms with Gasteiger partial charge in [-0.15, -0.1) is 0 Å². The average Bonchev–Trinajstić information content (AvgIpc) is 4.17. The molecule has 2 N–H and O–H groups in total. The van der Waals surface area contributed by atoms with Crippen molar-refractivity contribution in [3.63, 3.8) is 0 Å². The highest BCUT2D eigenvalue weighted by Gasteiger charge is 2.77. The SMILES string of the molecule is CCC12C(=O)C34C5C[C@H](Cc6ccc(Cl)cc6)N(C)C3[C@@H](COC)NC4[C@H](C)N(Cc3ccc(Cl)cc3Oc3ccc(-c4cnc6c(c4)CN(C(=O)COC)CC6)cc3)C1C[C@@H](Cc1ccccc1)C2N(C)[C@@H](C)CN5. The number of piperidine rings is 1. The van der Waals surface area contributed by atoms with Crippen LogP contribution in [0.2, 0.25) is 10.0 Å². The summed E-state index contributed by atoms with van der Waals surface area (Å²) >= 11 is 13.3. The minimum absolute atomic E-state index is 0.0166. The van der Waals surface area contributed by atoms with Crippen molar-refractivity contribution in [2.24, 2.45) is 16.7 Å². The van der Waals surface area contributed by atoms with Gasteiger partial charge in [0.15, 0.2) is 5.78 Å². The minimum atomic E-state index is -0.795. The fourth-order valence-corrected chi connectivity index (χ4v) is 15.9. The Hall–Kier alpha value is -4.73. The van der Waals surface area contributed by atoms with Crippen LogP contribution in [0.25, 0.3) is 11.1 Å². The monoisotopic (exact) mass is 1070 g/mol. The van der Waals surface area contributed by atoms with Crippen LogP contribution in [0, 0.1) is 16.7 Å². The van der Waals surface area contributed by atoms with E-state index >= 15 is 4.79 Å². The normalized spacial score (nSPS) is 31.5. The van der Waals surface area contributed by atoms with Crippen LogP contribution in [-0.2, 0) is 51.4 Å². The first-order valence-corrected chi connectivity index (χ1v) is 28.4. The van der Waals surface area contributed by atoms with E-state index in [1.54, 1.807) is 14.2 Å². The molecule has 76 heavy (non-hydrogen) atoms. The zero-order valence-electron chi connectivity index (χ0n) is 45.2. The predicted molar refractivity (Wildman–Crippen MR) is 300 cm³/mol. The van der Waals surface area contributed by atoms with Crippen molar-refractivity contribution >= 4 is 34.9 Å². The Morgan fingerprint density at radius 3 is 2.33 bits per heavy atom. The number of likely N-dealkylation sites (tertiary alicyclic amines) is 2. The Morgan fingerprint density at radius 1 is 0.842 bits per heavy atom. The van der Waals surface area contributed by atoms with E-state index in [9.17, 15) is 4.79 Å². The van der Waals surface area contributed by atoms with Crippen molar-refractivity contribution in [3.05, 3.63) is 147 Å². The van der Waals surface area contributed by atoms with E-state index < -0.39 is 10.8 Å². The molecule has 2 bridgehead atoms. The molecule has 14 heteroatoms. The molecule has 6 aliphatic rings. The van der Waals surface area contributed by atoms with E-state index in [-0.39, 0.29) is 72.8 Å². The zero-order valence-corrected chi connectivity index (χ0v) is 46.7. The predicted octanol–water partition coefficient (Wildman–Crippen LogP) is 9.13. The number of likely N-dealkylation sites (N-methyl/N-ethyl adjacent to an activating group) is 2. The minimum Gasteiger partial charge on any atom is -0.457 e. The number of fused-ring (bicyclic) bond motifs is 1. The van der Waals surface area contributed by atoms with Gasteiger partial charge in [-0.2, -0.15) is 0 Å². The molecule has 5 aromatic rings. The molecule has 5 aliphatic heterocycles. The topological polar surface area (TPSA) is 112 Å². The van der Waals surface area contributed by atoms with Crippen LogP contribution >= 0.6 is 23.2 Å². The molecule has 1 aromatic heterocycles. The summed E-state index contributed by atoms with van der Waals surface area (Å²) in [4.78, 5) is 44.8. The maximum atomic E-state index is 17.5. The number of methoxy groups -OCH3 is 2. The van der Waals surface area contributed by atoms with Gasteiger partial charge < -0.3 is 29.7 Å². The lowest BCUT2D eigenvalue weighted by Gasteiger charge is -2.57. The van der Waals surface area contributed by atoms with E-state index in [1.807, 2.05) is 47.5 Å². The largest absolute Gasteiger partial charge is 0.457 e. The lowest BCUT2D eigenvalue weighted by atomic mass is 9.54. The highest BCUT2D eigenvalue weighted by molar-refractivity contribution is 6.31. The first-order chi connectivity index (χ1) is 36.8. The molecule has 4 aromatic carbocycles. The van der Waals surface area contributed by atoms with Crippen LogP contribution in [0.4, 0.5) is 0 Å². The number of ether oxygens (including phenoxy) is 3. The highest BCUT2D eigenvalue weighted by atomic mass is 35.5. The molecule has 1 spiro atoms. The number of nitrogens with zero attached hydrogens (tertiary/aromatic N) is 5. The van der Waals surface area contributed by atoms with Crippen molar-refractivity contribution in [2.45, 2.75) is 127 Å². The quantitative estimate of drug-likeness (QED) is 0.111. The van der Waals surface area contributed by atoms with Crippen molar-refractivity contribution in [1.29, 1.82) is 0 Å². The van der Waals surface area contributed by atoms with Crippen LogP contribution in [0.15, 0.2) is 109 Å². The average molecular weight is 1070 g/mol. The Bertz CT molecular complexity index is 2900. The van der Waals surface area contributed by atoms with Crippen LogP contribution in [0.1, 0.15) is 68.0 Å². The molecular weight excluding hydrogens is 994 g/mol. The van der Waals surface area contributed by atoms with Crippen LogP contribution in [0.5, 0.6) is 11.5 Å². The molecule has 11 rings (SSSR count). The second-order valence-electron chi connectivity index (χ2n) is 22.9. The third kappa shape index (κ3) is 9.31. The van der Waals surface area contributed by atoms with E-state index in [2.05, 4.69) is 127 Å². The van der Waals surface area contributed by atoms with Crippen LogP contribution < -0.4 is 15.4 Å². The Kier molecular flexibility index (Phi) is 15.3. The summed E-state index contributed by atoms with van der Waals surface area (Å²) in [7, 11) is 7.93. The molecule has 402 valence electrons. The maximum Gasteiger partial charge on any atom is 0.248 e. The molecular formula is C62H75Cl2N7O5. The third-order valence-electron chi connectivity index (χ3n) is 19.1. The van der Waals surface area contributed by atoms with Gasteiger partial charge in [-0.3, -0.25) is 29.3 Å². The summed E-state index contributed by atoms with van der Waals surface area (Å²) in [5, 5.41) is 9.79. The van der Waals surface area contributed by atoms with E-state index in [1.165, 1.54) is 11.1 Å². The van der Waals surface area contributed by atoms with Gasteiger partial charge in [-0.25, -0.2) is 0 Å². The number of hydrogen-bond donors (Lipinski definition) is 2. The number of ketones is 1. The van der Waals surface area contributed by atoms with Gasteiger partial charge in [0.1, 0.15) is 18.1 Å². The summed E-state index contributed by atoms with van der Waals surface area (Å²) in [6, 6.07) is 35.2. The highest BCUT2D eigenvalue weighted by Crippen LogP contribution is 2.63. The second kappa shape index (κ2) is 21.8. The molecule has 5 fully saturated rings. The number of Topliss-reactive ketones (excluding diaryl/α,β-unsaturated/α-hetero) is 1. The number of aromatic nitrogens is 1. The van der Waals surface area contributed by atoms with Gasteiger partial charge in [-0.05, 0) is 131 Å². The van der Waals surface area contributed by atoms with Crippen molar-refractivity contribution in [3.8, 4) is 22.6 Å². The number of rotatable bonds is 14. The van der Waals surface area contributed by atoms with Gasteiger partial charge in [0.2, 0.25) is 5.91 Å². The molecule has 12 nitrogen and oxygen atoms in total. The number of benzene rings is 4. The van der Waals surface area contributed by atoms with Crippen molar-refractivity contribution in [2.75, 3.05) is 54.6 Å². The van der Waals surface area contributed by atoms with Crippen LogP contribution in [-0.4, -0.2) is 145 Å². The summed E-state index contributed by atoms with van der Waals surface area (Å²) in [6.45, 7) is 10.1. The van der Waals surface area contributed by atoms with E-state index in [4.69, 9.17) is 42.4 Å². The molecule has 12 atom stereocenters. The van der Waals surface area contributed by atoms with Crippen LogP contribution in [0.3, 0.4) is 0 Å². The van der Waals surface area contributed by atoms with Gasteiger partial charge in [-0.1, -0.05) is 90.8 Å². The van der Waals surface area contributed by atoms with Crippen molar-refractivity contribution in [1.82, 2.24) is 35.2 Å². The first kappa shape index (κ1) is 53.3. The third-order valence-corrected chi connectivity index (χ3v) is 19.6. The molecule has 1 aliphatic carbocycles. The smallest absolute Gasteiger partial charge is 0.248 e. The molecule has 1 saturated carbocycles. The lowest BCUT2D eigenvalue weighted by molar-refractivity contribution is -0.154. The Balaban J connectivity index is 0.985. The molecule has 7 unspecified atom stereocenters. The van der Waals surface area contributed by atoms with E-state index in [0.29, 0.717) is 61.4 Å². The van der Waals surface area contributed by atoms with Gasteiger partial charge in [0, 0.05) is 134 Å². The Labute approximate surface area is 459 Å². The molecule has 6 heterocycles. The first-order valence-electron chi connectivity index (χ1n) is 27.6. The maximum absolute atomic E-state index is 17.5. The fourth-order valence-electron chi connectivity index (χ4n) is 15.6. The van der Waals surface area contributed by atoms with Gasteiger partial charge >= 0.3 is 0 Å². The number of hydrogen-bond acceptors (Lipinski definition) is 11.